The fourth-order valence-corrected chi connectivity index (χ4v) is 4.07. The molecule has 168 valence electrons. The third-order valence-electron chi connectivity index (χ3n) is 6.06. The van der Waals surface area contributed by atoms with Crippen molar-refractivity contribution in [1.82, 2.24) is 25.1 Å². The number of nitrogens with one attached hydrogen (secondary N) is 2. The maximum absolute atomic E-state index is 12.7. The van der Waals surface area contributed by atoms with E-state index in [2.05, 4.69) is 30.3 Å². The number of carbonyl (C=O) groups excluding carboxylic acids is 1. The lowest BCUT2D eigenvalue weighted by molar-refractivity contribution is 0.101. The summed E-state index contributed by atoms with van der Waals surface area (Å²) >= 11 is 0. The van der Waals surface area contributed by atoms with Gasteiger partial charge in [0.15, 0.2) is 11.5 Å². The summed E-state index contributed by atoms with van der Waals surface area (Å²) in [5.41, 5.74) is 4.95. The number of imidazole rings is 1. The van der Waals surface area contributed by atoms with Crippen molar-refractivity contribution in [2.45, 2.75) is 25.7 Å². The Bertz CT molecular complexity index is 1340. The molecule has 0 spiro atoms. The molecule has 2 aliphatic rings. The number of ether oxygens (including phenoxy) is 1. The minimum Gasteiger partial charge on any atom is -0.378 e. The molecule has 1 saturated heterocycles. The number of morpholine rings is 1. The first-order valence-electron chi connectivity index (χ1n) is 11.1. The van der Waals surface area contributed by atoms with Gasteiger partial charge < -0.3 is 24.5 Å². The smallest absolute Gasteiger partial charge is 0.277 e. The standard InChI is InChI=1S/C23H23N7O3/c1-13-16(8-15(11-24-13)27-23(31)19-10-20(33-29-19)14-2-3-14)17-9-18-21(26-12-25-18)22(28-17)30-4-6-32-7-5-30/h8-12,14H,2-7H2,1H3,(H,25,26)(H,27,31). The third kappa shape index (κ3) is 3.82. The van der Waals surface area contributed by atoms with Gasteiger partial charge in [-0.3, -0.25) is 9.78 Å². The van der Waals surface area contributed by atoms with Gasteiger partial charge in [-0.05, 0) is 31.9 Å². The summed E-state index contributed by atoms with van der Waals surface area (Å²) < 4.78 is 10.8. The minimum atomic E-state index is -0.326. The van der Waals surface area contributed by atoms with Crippen LogP contribution in [0.4, 0.5) is 11.5 Å². The first-order valence-corrected chi connectivity index (χ1v) is 11.1. The van der Waals surface area contributed by atoms with Crippen LogP contribution in [0.1, 0.15) is 40.7 Å². The van der Waals surface area contributed by atoms with Crippen LogP contribution in [0.3, 0.4) is 0 Å². The number of rotatable bonds is 5. The number of carbonyl (C=O) groups is 1. The zero-order chi connectivity index (χ0) is 22.4. The second-order valence-electron chi connectivity index (χ2n) is 8.43. The molecule has 0 atom stereocenters. The highest BCUT2D eigenvalue weighted by atomic mass is 16.5. The van der Waals surface area contributed by atoms with Crippen LogP contribution < -0.4 is 10.2 Å². The van der Waals surface area contributed by atoms with Crippen LogP contribution in [-0.2, 0) is 4.74 Å². The molecule has 4 aromatic rings. The van der Waals surface area contributed by atoms with Gasteiger partial charge in [0.05, 0.1) is 42.6 Å². The van der Waals surface area contributed by atoms with Crippen molar-refractivity contribution in [1.29, 1.82) is 0 Å². The summed E-state index contributed by atoms with van der Waals surface area (Å²) in [5, 5.41) is 6.80. The monoisotopic (exact) mass is 445 g/mol. The van der Waals surface area contributed by atoms with Crippen molar-refractivity contribution in [3.05, 3.63) is 47.9 Å². The second kappa shape index (κ2) is 7.96. The molecule has 2 fully saturated rings. The average molecular weight is 445 g/mol. The van der Waals surface area contributed by atoms with E-state index >= 15 is 0 Å². The lowest BCUT2D eigenvalue weighted by Crippen LogP contribution is -2.37. The summed E-state index contributed by atoms with van der Waals surface area (Å²) in [6.45, 7) is 4.75. The lowest BCUT2D eigenvalue weighted by Gasteiger charge is -2.28. The van der Waals surface area contributed by atoms with Gasteiger partial charge in [-0.25, -0.2) is 9.97 Å². The normalized spacial score (nSPS) is 16.3. The molecule has 0 bridgehead atoms. The molecular weight excluding hydrogens is 422 g/mol. The topological polar surface area (TPSA) is 122 Å². The lowest BCUT2D eigenvalue weighted by atomic mass is 10.1. The number of nitrogens with zero attached hydrogens (tertiary/aromatic N) is 5. The summed E-state index contributed by atoms with van der Waals surface area (Å²) in [4.78, 5) is 32.0. The summed E-state index contributed by atoms with van der Waals surface area (Å²) in [7, 11) is 0. The number of H-pyrrole nitrogens is 1. The molecule has 1 saturated carbocycles. The first-order chi connectivity index (χ1) is 16.2. The first kappa shape index (κ1) is 19.9. The van der Waals surface area contributed by atoms with Gasteiger partial charge in [-0.2, -0.15) is 0 Å². The molecule has 1 aliphatic carbocycles. The number of pyridine rings is 2. The molecule has 10 nitrogen and oxygen atoms in total. The van der Waals surface area contributed by atoms with Gasteiger partial charge >= 0.3 is 0 Å². The Morgan fingerprint density at radius 3 is 2.85 bits per heavy atom. The number of aryl methyl sites for hydroxylation is 1. The van der Waals surface area contributed by atoms with Crippen LogP contribution in [0.15, 0.2) is 35.2 Å². The van der Waals surface area contributed by atoms with Crippen LogP contribution >= 0.6 is 0 Å². The van der Waals surface area contributed by atoms with Crippen LogP contribution in [0.2, 0.25) is 0 Å². The van der Waals surface area contributed by atoms with E-state index < -0.39 is 0 Å². The molecular formula is C23H23N7O3. The number of aromatic nitrogens is 5. The summed E-state index contributed by atoms with van der Waals surface area (Å²) in [6.07, 6.45) is 5.48. The Morgan fingerprint density at radius 2 is 2.03 bits per heavy atom. The van der Waals surface area contributed by atoms with Gasteiger partial charge in [0, 0.05) is 36.3 Å². The van der Waals surface area contributed by atoms with Gasteiger partial charge in [0.2, 0.25) is 0 Å². The highest BCUT2D eigenvalue weighted by molar-refractivity contribution is 6.03. The van der Waals surface area contributed by atoms with Crippen molar-refractivity contribution < 1.29 is 14.1 Å². The van der Waals surface area contributed by atoms with Gasteiger partial charge in [-0.15, -0.1) is 0 Å². The third-order valence-corrected chi connectivity index (χ3v) is 6.06. The van der Waals surface area contributed by atoms with E-state index in [1.165, 1.54) is 0 Å². The Kier molecular flexibility index (Phi) is 4.79. The molecule has 5 heterocycles. The van der Waals surface area contributed by atoms with Gasteiger partial charge in [-0.1, -0.05) is 5.16 Å². The van der Waals surface area contributed by atoms with E-state index in [1.54, 1.807) is 18.6 Å². The quantitative estimate of drug-likeness (QED) is 0.480. The van der Waals surface area contributed by atoms with Crippen molar-refractivity contribution >= 4 is 28.4 Å². The number of hydrogen-bond donors (Lipinski definition) is 2. The molecule has 10 heteroatoms. The average Bonchev–Trinajstić information content (AvgIpc) is 3.37. The number of amides is 1. The van der Waals surface area contributed by atoms with E-state index in [0.717, 1.165) is 65.5 Å². The number of aromatic amines is 1. The molecule has 2 N–H and O–H groups in total. The molecule has 1 aliphatic heterocycles. The molecule has 4 aromatic heterocycles. The van der Waals surface area contributed by atoms with Gasteiger partial charge in [0.25, 0.3) is 5.91 Å². The Labute approximate surface area is 189 Å². The van der Waals surface area contributed by atoms with Crippen LogP contribution in [0, 0.1) is 6.92 Å². The SMILES string of the molecule is Cc1ncc(NC(=O)c2cc(C3CC3)on2)cc1-c1cc2[nH]cnc2c(N2CCOCC2)n1. The van der Waals surface area contributed by atoms with Crippen molar-refractivity contribution in [2.24, 2.45) is 0 Å². The largest absolute Gasteiger partial charge is 0.378 e. The zero-order valence-corrected chi connectivity index (χ0v) is 18.2. The van der Waals surface area contributed by atoms with Crippen molar-refractivity contribution in [3.63, 3.8) is 0 Å². The number of anilines is 2. The second-order valence-corrected chi connectivity index (χ2v) is 8.43. The van der Waals surface area contributed by atoms with E-state index in [0.29, 0.717) is 24.8 Å². The Morgan fingerprint density at radius 1 is 1.18 bits per heavy atom. The van der Waals surface area contributed by atoms with Crippen LogP contribution in [-0.4, -0.2) is 57.3 Å². The van der Waals surface area contributed by atoms with E-state index in [4.69, 9.17) is 14.2 Å². The van der Waals surface area contributed by atoms with E-state index in [1.807, 2.05) is 19.1 Å². The highest BCUT2D eigenvalue weighted by Crippen LogP contribution is 2.40. The van der Waals surface area contributed by atoms with Crippen LogP contribution in [0.5, 0.6) is 0 Å². The molecule has 0 unspecified atom stereocenters. The van der Waals surface area contributed by atoms with Gasteiger partial charge in [0.1, 0.15) is 11.3 Å². The predicted octanol–water partition coefficient (Wildman–Crippen LogP) is 3.28. The molecule has 0 radical (unpaired) electrons. The Balaban J connectivity index is 1.32. The molecule has 1 amide bonds. The summed E-state index contributed by atoms with van der Waals surface area (Å²) in [6, 6.07) is 5.56. The van der Waals surface area contributed by atoms with Crippen molar-refractivity contribution in [2.75, 3.05) is 36.5 Å². The molecule has 6 rings (SSSR count). The highest BCUT2D eigenvalue weighted by Gasteiger charge is 2.29. The Hall–Kier alpha value is -3.79. The fraction of sp³-hybridized carbons (Fsp3) is 0.348. The minimum absolute atomic E-state index is 0.269. The molecule has 0 aromatic carbocycles. The van der Waals surface area contributed by atoms with E-state index in [-0.39, 0.29) is 11.6 Å². The predicted molar refractivity (Wildman–Crippen MR) is 121 cm³/mol. The fourth-order valence-electron chi connectivity index (χ4n) is 4.07. The zero-order valence-electron chi connectivity index (χ0n) is 18.2. The molecule has 33 heavy (non-hydrogen) atoms. The van der Waals surface area contributed by atoms with Crippen LogP contribution in [0.25, 0.3) is 22.3 Å². The number of hydrogen-bond acceptors (Lipinski definition) is 8. The number of fused-ring (bicyclic) bond motifs is 1. The summed E-state index contributed by atoms with van der Waals surface area (Å²) in [5.74, 6) is 1.66. The maximum atomic E-state index is 12.7. The van der Waals surface area contributed by atoms with Crippen molar-refractivity contribution in [3.8, 4) is 11.3 Å². The maximum Gasteiger partial charge on any atom is 0.277 e. The van der Waals surface area contributed by atoms with E-state index in [9.17, 15) is 4.79 Å².